The minimum absolute atomic E-state index is 0.534. The van der Waals surface area contributed by atoms with Crippen LogP contribution in [0.2, 0.25) is 5.02 Å². The monoisotopic (exact) mass is 360 g/mol. The number of fused-ring (bicyclic) bond motifs is 1. The average Bonchev–Trinajstić information content (AvgIpc) is 2.65. The van der Waals surface area contributed by atoms with E-state index in [1.54, 1.807) is 13.2 Å². The van der Waals surface area contributed by atoms with Gasteiger partial charge >= 0.3 is 0 Å². The third kappa shape index (κ3) is 4.76. The van der Waals surface area contributed by atoms with Crippen LogP contribution < -0.4 is 20.1 Å². The lowest BCUT2D eigenvalue weighted by molar-refractivity contribution is 0.171. The summed E-state index contributed by atoms with van der Waals surface area (Å²) in [4.78, 5) is 8.50. The van der Waals surface area contributed by atoms with Gasteiger partial charge in [-0.05, 0) is 36.2 Å². The van der Waals surface area contributed by atoms with Crippen molar-refractivity contribution in [1.29, 1.82) is 0 Å². The van der Waals surface area contributed by atoms with Crippen LogP contribution >= 0.6 is 11.6 Å². The van der Waals surface area contributed by atoms with Gasteiger partial charge in [-0.15, -0.1) is 0 Å². The van der Waals surface area contributed by atoms with Gasteiger partial charge in [0.05, 0.1) is 17.3 Å². The Balaban J connectivity index is 1.50. The molecule has 6 nitrogen and oxygen atoms in total. The molecule has 132 valence electrons. The van der Waals surface area contributed by atoms with E-state index in [0.717, 1.165) is 30.2 Å². The number of guanidine groups is 1. The topological polar surface area (TPSA) is 67.8 Å². The lowest BCUT2D eigenvalue weighted by Crippen LogP contribution is -2.38. The van der Waals surface area contributed by atoms with Crippen molar-refractivity contribution in [1.82, 2.24) is 15.6 Å². The van der Waals surface area contributed by atoms with E-state index in [4.69, 9.17) is 21.1 Å². The fourth-order valence-electron chi connectivity index (χ4n) is 2.53. The first-order valence-electron chi connectivity index (χ1n) is 8.18. The normalized spacial score (nSPS) is 13.4. The van der Waals surface area contributed by atoms with Crippen LogP contribution in [0.4, 0.5) is 0 Å². The number of rotatable bonds is 5. The van der Waals surface area contributed by atoms with Gasteiger partial charge in [-0.3, -0.25) is 9.98 Å². The van der Waals surface area contributed by atoms with Gasteiger partial charge in [-0.2, -0.15) is 0 Å². The van der Waals surface area contributed by atoms with Gasteiger partial charge in [0.1, 0.15) is 13.2 Å². The van der Waals surface area contributed by atoms with Gasteiger partial charge in [0.2, 0.25) is 0 Å². The van der Waals surface area contributed by atoms with Crippen molar-refractivity contribution >= 4 is 17.6 Å². The Kier molecular flexibility index (Phi) is 5.95. The molecule has 1 aromatic carbocycles. The van der Waals surface area contributed by atoms with Crippen molar-refractivity contribution in [3.8, 4) is 11.5 Å². The molecule has 2 aromatic rings. The second-order valence-electron chi connectivity index (χ2n) is 5.53. The molecule has 2 N–H and O–H groups in total. The standard InChI is InChI=1S/C18H21ClN4O2/c1-20-18(23-12-14-4-2-3-6-21-14)22-7-5-13-10-15(19)17-16(11-13)24-8-9-25-17/h2-4,6,10-11H,5,7-9,12H2,1H3,(H2,20,22,23). The number of hydrogen-bond donors (Lipinski definition) is 2. The van der Waals surface area contributed by atoms with Crippen molar-refractivity contribution < 1.29 is 9.47 Å². The van der Waals surface area contributed by atoms with Crippen LogP contribution in [0.3, 0.4) is 0 Å². The molecule has 25 heavy (non-hydrogen) atoms. The molecule has 0 aliphatic carbocycles. The highest BCUT2D eigenvalue weighted by Crippen LogP contribution is 2.38. The Morgan fingerprint density at radius 2 is 2.12 bits per heavy atom. The predicted octanol–water partition coefficient (Wildman–Crippen LogP) is 2.41. The van der Waals surface area contributed by atoms with Crippen molar-refractivity contribution in [2.75, 3.05) is 26.8 Å². The molecule has 1 aliphatic rings. The highest BCUT2D eigenvalue weighted by Gasteiger charge is 2.16. The number of ether oxygens (including phenoxy) is 2. The summed E-state index contributed by atoms with van der Waals surface area (Å²) in [7, 11) is 1.74. The molecule has 0 saturated carbocycles. The molecule has 0 amide bonds. The molecule has 2 heterocycles. The van der Waals surface area contributed by atoms with Gasteiger partial charge in [0, 0.05) is 19.8 Å². The van der Waals surface area contributed by atoms with Gasteiger partial charge in [0.25, 0.3) is 0 Å². The molecule has 0 spiro atoms. The fourth-order valence-corrected chi connectivity index (χ4v) is 2.82. The number of halogens is 1. The molecule has 1 aliphatic heterocycles. The average molecular weight is 361 g/mol. The van der Waals surface area contributed by atoms with Crippen LogP contribution in [-0.2, 0) is 13.0 Å². The van der Waals surface area contributed by atoms with E-state index in [0.29, 0.717) is 36.3 Å². The Bertz CT molecular complexity index is 737. The quantitative estimate of drug-likeness (QED) is 0.633. The second-order valence-corrected chi connectivity index (χ2v) is 5.93. The van der Waals surface area contributed by atoms with Crippen LogP contribution in [0.25, 0.3) is 0 Å². The number of aromatic nitrogens is 1. The number of aliphatic imine (C=N–C) groups is 1. The zero-order chi connectivity index (χ0) is 17.5. The summed E-state index contributed by atoms with van der Waals surface area (Å²) >= 11 is 6.27. The molecule has 0 bridgehead atoms. The van der Waals surface area contributed by atoms with Crippen LogP contribution in [0.1, 0.15) is 11.3 Å². The molecule has 0 atom stereocenters. The van der Waals surface area contributed by atoms with Gasteiger partial charge < -0.3 is 20.1 Å². The number of nitrogens with zero attached hydrogens (tertiary/aromatic N) is 2. The molecule has 0 fully saturated rings. The Labute approximate surface area is 152 Å². The van der Waals surface area contributed by atoms with Crippen molar-refractivity contribution in [3.05, 3.63) is 52.8 Å². The Hall–Kier alpha value is -2.47. The fraction of sp³-hybridized carbons (Fsp3) is 0.333. The SMILES string of the molecule is CN=C(NCCc1cc(Cl)c2c(c1)OCCO2)NCc1ccccn1. The summed E-state index contributed by atoms with van der Waals surface area (Å²) in [6, 6.07) is 9.73. The van der Waals surface area contributed by atoms with Crippen molar-refractivity contribution in [2.45, 2.75) is 13.0 Å². The van der Waals surface area contributed by atoms with Gasteiger partial charge in [-0.25, -0.2) is 0 Å². The molecular weight excluding hydrogens is 340 g/mol. The number of benzene rings is 1. The third-order valence-electron chi connectivity index (χ3n) is 3.75. The van der Waals surface area contributed by atoms with E-state index in [-0.39, 0.29) is 0 Å². The first-order chi connectivity index (χ1) is 12.3. The van der Waals surface area contributed by atoms with Gasteiger partial charge in [-0.1, -0.05) is 17.7 Å². The molecule has 0 unspecified atom stereocenters. The van der Waals surface area contributed by atoms with E-state index in [9.17, 15) is 0 Å². The highest BCUT2D eigenvalue weighted by molar-refractivity contribution is 6.32. The van der Waals surface area contributed by atoms with E-state index >= 15 is 0 Å². The van der Waals surface area contributed by atoms with E-state index in [1.807, 2.05) is 30.3 Å². The summed E-state index contributed by atoms with van der Waals surface area (Å²) in [5.41, 5.74) is 2.05. The summed E-state index contributed by atoms with van der Waals surface area (Å²) in [6.07, 6.45) is 2.57. The maximum atomic E-state index is 6.27. The number of nitrogens with one attached hydrogen (secondary N) is 2. The maximum absolute atomic E-state index is 6.27. The first kappa shape index (κ1) is 17.4. The molecule has 3 rings (SSSR count). The zero-order valence-electron chi connectivity index (χ0n) is 14.1. The molecular formula is C18H21ClN4O2. The third-order valence-corrected chi connectivity index (χ3v) is 4.03. The van der Waals surface area contributed by atoms with Crippen LogP contribution in [-0.4, -0.2) is 37.7 Å². The predicted molar refractivity (Wildman–Crippen MR) is 98.6 cm³/mol. The minimum Gasteiger partial charge on any atom is -0.486 e. The Morgan fingerprint density at radius 1 is 1.24 bits per heavy atom. The lowest BCUT2D eigenvalue weighted by Gasteiger charge is -2.20. The number of pyridine rings is 1. The van der Waals surface area contributed by atoms with Gasteiger partial charge in [0.15, 0.2) is 17.5 Å². The van der Waals surface area contributed by atoms with Crippen LogP contribution in [0, 0.1) is 0 Å². The maximum Gasteiger partial charge on any atom is 0.191 e. The van der Waals surface area contributed by atoms with E-state index in [1.165, 1.54) is 0 Å². The highest BCUT2D eigenvalue weighted by atomic mass is 35.5. The largest absolute Gasteiger partial charge is 0.486 e. The summed E-state index contributed by atoms with van der Waals surface area (Å²) in [6.45, 7) is 2.43. The van der Waals surface area contributed by atoms with E-state index in [2.05, 4.69) is 20.6 Å². The van der Waals surface area contributed by atoms with Crippen molar-refractivity contribution in [2.24, 2.45) is 4.99 Å². The summed E-state index contributed by atoms with van der Waals surface area (Å²) in [5, 5.41) is 7.11. The van der Waals surface area contributed by atoms with E-state index < -0.39 is 0 Å². The number of hydrogen-bond acceptors (Lipinski definition) is 4. The summed E-state index contributed by atoms with van der Waals surface area (Å²) < 4.78 is 11.1. The van der Waals surface area contributed by atoms with Crippen LogP contribution in [0.5, 0.6) is 11.5 Å². The molecule has 7 heteroatoms. The molecule has 0 radical (unpaired) electrons. The minimum atomic E-state index is 0.534. The van der Waals surface area contributed by atoms with Crippen LogP contribution in [0.15, 0.2) is 41.5 Å². The lowest BCUT2D eigenvalue weighted by atomic mass is 10.1. The zero-order valence-corrected chi connectivity index (χ0v) is 14.8. The van der Waals surface area contributed by atoms with Crippen molar-refractivity contribution in [3.63, 3.8) is 0 Å². The molecule has 1 aromatic heterocycles. The second kappa shape index (κ2) is 8.58. The Morgan fingerprint density at radius 3 is 2.92 bits per heavy atom. The summed E-state index contributed by atoms with van der Waals surface area (Å²) in [5.74, 6) is 2.08. The molecule has 0 saturated heterocycles. The smallest absolute Gasteiger partial charge is 0.191 e. The first-order valence-corrected chi connectivity index (χ1v) is 8.56.